The maximum atomic E-state index is 13.0. The number of benzene rings is 2. The lowest BCUT2D eigenvalue weighted by Gasteiger charge is -2.23. The minimum Gasteiger partial charge on any atom is -0.364 e. The minimum atomic E-state index is -0.655. The van der Waals surface area contributed by atoms with Gasteiger partial charge in [0.15, 0.2) is 0 Å². The monoisotopic (exact) mass is 345 g/mol. The minimum absolute atomic E-state index is 0.0789. The van der Waals surface area contributed by atoms with Crippen LogP contribution in [0.3, 0.4) is 0 Å². The molecular weight excluding hydrogens is 326 g/mol. The molecule has 0 spiro atoms. The summed E-state index contributed by atoms with van der Waals surface area (Å²) >= 11 is 0. The van der Waals surface area contributed by atoms with Gasteiger partial charge in [-0.3, -0.25) is 9.59 Å². The van der Waals surface area contributed by atoms with Crippen molar-refractivity contribution in [2.24, 2.45) is 5.73 Å². The predicted molar refractivity (Wildman–Crippen MR) is 99.2 cm³/mol. The Hall–Kier alpha value is -3.47. The summed E-state index contributed by atoms with van der Waals surface area (Å²) < 4.78 is 0. The molecule has 5 heteroatoms. The van der Waals surface area contributed by atoms with Crippen molar-refractivity contribution in [3.05, 3.63) is 101 Å². The highest BCUT2D eigenvalue weighted by atomic mass is 16.2. The molecule has 0 fully saturated rings. The first kappa shape index (κ1) is 17.4. The van der Waals surface area contributed by atoms with Gasteiger partial charge in [-0.1, -0.05) is 66.7 Å². The van der Waals surface area contributed by atoms with E-state index in [2.05, 4.69) is 4.98 Å². The summed E-state index contributed by atoms with van der Waals surface area (Å²) in [5.41, 5.74) is 7.59. The number of hydrogen-bond acceptors (Lipinski definition) is 3. The number of hydrogen-bond donors (Lipinski definition) is 1. The van der Waals surface area contributed by atoms with Crippen molar-refractivity contribution in [2.45, 2.75) is 13.1 Å². The van der Waals surface area contributed by atoms with Crippen molar-refractivity contribution in [1.29, 1.82) is 0 Å². The van der Waals surface area contributed by atoms with Gasteiger partial charge < -0.3 is 10.6 Å². The molecule has 0 unspecified atom stereocenters. The molecule has 0 aliphatic rings. The van der Waals surface area contributed by atoms with Crippen molar-refractivity contribution in [1.82, 2.24) is 9.88 Å². The van der Waals surface area contributed by atoms with Crippen LogP contribution in [0.15, 0.2) is 78.9 Å². The van der Waals surface area contributed by atoms with Gasteiger partial charge in [0.1, 0.15) is 11.4 Å². The zero-order chi connectivity index (χ0) is 18.4. The van der Waals surface area contributed by atoms with Crippen LogP contribution in [0, 0.1) is 0 Å². The fraction of sp³-hybridized carbons (Fsp3) is 0.0952. The van der Waals surface area contributed by atoms with E-state index in [1.165, 1.54) is 6.07 Å². The van der Waals surface area contributed by atoms with Gasteiger partial charge >= 0.3 is 0 Å². The Bertz CT molecular complexity index is 854. The predicted octanol–water partition coefficient (Wildman–Crippen LogP) is 3.02. The highest BCUT2D eigenvalue weighted by molar-refractivity contribution is 5.95. The van der Waals surface area contributed by atoms with E-state index in [4.69, 9.17) is 5.73 Å². The van der Waals surface area contributed by atoms with Crippen LogP contribution in [0.2, 0.25) is 0 Å². The van der Waals surface area contributed by atoms with Crippen LogP contribution >= 0.6 is 0 Å². The topological polar surface area (TPSA) is 76.3 Å². The van der Waals surface area contributed by atoms with Gasteiger partial charge in [-0.25, -0.2) is 4.98 Å². The molecule has 0 atom stereocenters. The quantitative estimate of drug-likeness (QED) is 0.746. The van der Waals surface area contributed by atoms with Crippen molar-refractivity contribution >= 4 is 11.8 Å². The summed E-state index contributed by atoms with van der Waals surface area (Å²) in [6.45, 7) is 0.883. The van der Waals surface area contributed by atoms with Crippen molar-refractivity contribution in [3.63, 3.8) is 0 Å². The molecule has 130 valence electrons. The molecule has 0 aliphatic carbocycles. The van der Waals surface area contributed by atoms with Crippen LogP contribution in [0.25, 0.3) is 0 Å². The van der Waals surface area contributed by atoms with E-state index in [1.807, 2.05) is 60.7 Å². The van der Waals surface area contributed by atoms with Crippen LogP contribution in [0.5, 0.6) is 0 Å². The average Bonchev–Trinajstić information content (AvgIpc) is 2.68. The Labute approximate surface area is 152 Å². The molecule has 2 aromatic carbocycles. The summed E-state index contributed by atoms with van der Waals surface area (Å²) in [5, 5.41) is 0. The number of amides is 2. The van der Waals surface area contributed by atoms with Gasteiger partial charge in [0.25, 0.3) is 11.8 Å². The third kappa shape index (κ3) is 4.33. The second-order valence-corrected chi connectivity index (χ2v) is 5.90. The Morgan fingerprint density at radius 1 is 0.731 bits per heavy atom. The fourth-order valence-corrected chi connectivity index (χ4v) is 2.66. The van der Waals surface area contributed by atoms with Crippen LogP contribution < -0.4 is 5.73 Å². The van der Waals surface area contributed by atoms with Crippen molar-refractivity contribution in [3.8, 4) is 0 Å². The van der Waals surface area contributed by atoms with Gasteiger partial charge in [0.2, 0.25) is 0 Å². The van der Waals surface area contributed by atoms with E-state index in [-0.39, 0.29) is 17.3 Å². The highest BCUT2D eigenvalue weighted by Crippen LogP contribution is 2.14. The third-order valence-corrected chi connectivity index (χ3v) is 3.94. The zero-order valence-electron chi connectivity index (χ0n) is 14.2. The molecule has 2 N–H and O–H groups in total. The summed E-state index contributed by atoms with van der Waals surface area (Å²) in [6, 6.07) is 24.2. The highest BCUT2D eigenvalue weighted by Gasteiger charge is 2.19. The van der Waals surface area contributed by atoms with Crippen LogP contribution in [-0.4, -0.2) is 21.7 Å². The lowest BCUT2D eigenvalue weighted by Crippen LogP contribution is -2.31. The Balaban J connectivity index is 1.89. The number of nitrogens with two attached hydrogens (primary N) is 1. The van der Waals surface area contributed by atoms with Gasteiger partial charge in [0.05, 0.1) is 0 Å². The first-order valence-corrected chi connectivity index (χ1v) is 8.27. The van der Waals surface area contributed by atoms with Crippen molar-refractivity contribution in [2.75, 3.05) is 0 Å². The number of rotatable bonds is 6. The number of aromatic nitrogens is 1. The lowest BCUT2D eigenvalue weighted by atomic mass is 10.1. The molecule has 5 nitrogen and oxygen atoms in total. The van der Waals surface area contributed by atoms with Crippen LogP contribution in [0.4, 0.5) is 0 Å². The van der Waals surface area contributed by atoms with E-state index in [1.54, 1.807) is 17.0 Å². The molecule has 0 saturated heterocycles. The standard InChI is InChI=1S/C21H19N3O2/c22-20(25)18-12-7-13-19(23-18)21(26)24(14-16-8-3-1-4-9-16)15-17-10-5-2-6-11-17/h1-13H,14-15H2,(H2,22,25). The molecule has 3 aromatic rings. The number of carbonyl (C=O) groups excluding carboxylic acids is 2. The van der Waals surface area contributed by atoms with E-state index in [0.29, 0.717) is 13.1 Å². The second kappa shape index (κ2) is 8.07. The number of primary amides is 1. The van der Waals surface area contributed by atoms with E-state index < -0.39 is 5.91 Å². The van der Waals surface area contributed by atoms with Gasteiger partial charge in [0, 0.05) is 13.1 Å². The zero-order valence-corrected chi connectivity index (χ0v) is 14.2. The van der Waals surface area contributed by atoms with Crippen LogP contribution in [0.1, 0.15) is 32.1 Å². The fourth-order valence-electron chi connectivity index (χ4n) is 2.66. The molecule has 0 saturated carbocycles. The first-order valence-electron chi connectivity index (χ1n) is 8.27. The lowest BCUT2D eigenvalue weighted by molar-refractivity contribution is 0.0724. The molecule has 0 bridgehead atoms. The van der Waals surface area contributed by atoms with Gasteiger partial charge in [-0.05, 0) is 23.3 Å². The first-order chi connectivity index (χ1) is 12.6. The molecular formula is C21H19N3O2. The maximum Gasteiger partial charge on any atom is 0.273 e. The number of nitrogens with zero attached hydrogens (tertiary/aromatic N) is 2. The number of pyridine rings is 1. The summed E-state index contributed by atoms with van der Waals surface area (Å²) in [4.78, 5) is 30.2. The maximum absolute atomic E-state index is 13.0. The van der Waals surface area contributed by atoms with Gasteiger partial charge in [-0.15, -0.1) is 0 Å². The Morgan fingerprint density at radius 2 is 1.23 bits per heavy atom. The summed E-state index contributed by atoms with van der Waals surface area (Å²) in [5.74, 6) is -0.905. The summed E-state index contributed by atoms with van der Waals surface area (Å²) in [6.07, 6.45) is 0. The van der Waals surface area contributed by atoms with Crippen LogP contribution in [-0.2, 0) is 13.1 Å². The van der Waals surface area contributed by atoms with E-state index in [9.17, 15) is 9.59 Å². The summed E-state index contributed by atoms with van der Waals surface area (Å²) in [7, 11) is 0. The smallest absolute Gasteiger partial charge is 0.273 e. The molecule has 26 heavy (non-hydrogen) atoms. The molecule has 3 rings (SSSR count). The van der Waals surface area contributed by atoms with Crippen molar-refractivity contribution < 1.29 is 9.59 Å². The molecule has 0 aliphatic heterocycles. The Morgan fingerprint density at radius 3 is 1.73 bits per heavy atom. The second-order valence-electron chi connectivity index (χ2n) is 5.90. The van der Waals surface area contributed by atoms with E-state index >= 15 is 0 Å². The van der Waals surface area contributed by atoms with E-state index in [0.717, 1.165) is 11.1 Å². The average molecular weight is 345 g/mol. The SMILES string of the molecule is NC(=O)c1cccc(C(=O)N(Cc2ccccc2)Cc2ccccc2)n1. The van der Waals surface area contributed by atoms with Gasteiger partial charge in [-0.2, -0.15) is 0 Å². The number of carbonyl (C=O) groups is 2. The molecule has 2 amide bonds. The normalized spacial score (nSPS) is 10.3. The Kier molecular flexibility index (Phi) is 5.39. The third-order valence-electron chi connectivity index (χ3n) is 3.94. The molecule has 0 radical (unpaired) electrons. The molecule has 1 heterocycles. The molecule has 1 aromatic heterocycles. The largest absolute Gasteiger partial charge is 0.364 e.